The van der Waals surface area contributed by atoms with E-state index in [4.69, 9.17) is 9.47 Å². The molecule has 0 unspecified atom stereocenters. The van der Waals surface area contributed by atoms with Gasteiger partial charge in [-0.1, -0.05) is 6.07 Å². The lowest BCUT2D eigenvalue weighted by molar-refractivity contribution is -0.114. The first-order valence-electron chi connectivity index (χ1n) is 8.57. The quantitative estimate of drug-likeness (QED) is 0.681. The molecule has 0 spiro atoms. The topological polar surface area (TPSA) is 93.7 Å². The second-order valence-electron chi connectivity index (χ2n) is 5.73. The molecule has 27 heavy (non-hydrogen) atoms. The molecule has 0 aliphatic rings. The number of amides is 1. The molecule has 146 valence electrons. The van der Waals surface area contributed by atoms with Crippen molar-refractivity contribution in [2.24, 2.45) is 0 Å². The number of benzene rings is 2. The second-order valence-corrected chi connectivity index (χ2v) is 7.75. The molecule has 0 saturated heterocycles. The summed E-state index contributed by atoms with van der Waals surface area (Å²) in [5, 5.41) is 5.69. The summed E-state index contributed by atoms with van der Waals surface area (Å²) < 4.78 is 34.2. The van der Waals surface area contributed by atoms with Crippen LogP contribution in [0.3, 0.4) is 0 Å². The Bertz CT molecular complexity index is 897. The fourth-order valence-electron chi connectivity index (χ4n) is 2.35. The van der Waals surface area contributed by atoms with Gasteiger partial charge in [-0.05, 0) is 44.2 Å². The van der Waals surface area contributed by atoms with Crippen LogP contribution in [0, 0.1) is 0 Å². The first-order chi connectivity index (χ1) is 12.8. The number of anilines is 2. The summed E-state index contributed by atoms with van der Waals surface area (Å²) in [4.78, 5) is 12.4. The summed E-state index contributed by atoms with van der Waals surface area (Å²) in [6.45, 7) is 4.74. The Hall–Kier alpha value is -2.74. The van der Waals surface area contributed by atoms with Crippen molar-refractivity contribution >= 4 is 27.1 Å². The summed E-state index contributed by atoms with van der Waals surface area (Å²) in [6, 6.07) is 11.5. The van der Waals surface area contributed by atoms with Crippen molar-refractivity contribution in [1.29, 1.82) is 0 Å². The minimum Gasteiger partial charge on any atom is -0.490 e. The van der Waals surface area contributed by atoms with Crippen molar-refractivity contribution in [2.75, 3.05) is 36.6 Å². The van der Waals surface area contributed by atoms with Gasteiger partial charge >= 0.3 is 0 Å². The molecule has 8 heteroatoms. The van der Waals surface area contributed by atoms with Crippen LogP contribution in [-0.4, -0.2) is 40.3 Å². The first kappa shape index (κ1) is 20.6. The van der Waals surface area contributed by atoms with Crippen LogP contribution in [0.2, 0.25) is 0 Å². The molecule has 0 radical (unpaired) electrons. The molecule has 0 saturated carbocycles. The summed E-state index contributed by atoms with van der Waals surface area (Å²) in [5.41, 5.74) is 1.13. The average Bonchev–Trinajstić information content (AvgIpc) is 2.62. The zero-order valence-corrected chi connectivity index (χ0v) is 16.4. The highest BCUT2D eigenvalue weighted by Crippen LogP contribution is 2.30. The summed E-state index contributed by atoms with van der Waals surface area (Å²) in [7, 11) is -3.30. The Morgan fingerprint density at radius 2 is 1.67 bits per heavy atom. The van der Waals surface area contributed by atoms with Gasteiger partial charge in [0.15, 0.2) is 21.3 Å². The Labute approximate surface area is 159 Å². The van der Waals surface area contributed by atoms with E-state index in [0.717, 1.165) is 6.26 Å². The monoisotopic (exact) mass is 392 g/mol. The smallest absolute Gasteiger partial charge is 0.243 e. The predicted octanol–water partition coefficient (Wildman–Crippen LogP) is 2.94. The fraction of sp³-hybridized carbons (Fsp3) is 0.316. The molecule has 2 aromatic rings. The molecule has 2 aromatic carbocycles. The van der Waals surface area contributed by atoms with E-state index >= 15 is 0 Å². The van der Waals surface area contributed by atoms with Crippen molar-refractivity contribution < 1.29 is 22.7 Å². The largest absolute Gasteiger partial charge is 0.490 e. The van der Waals surface area contributed by atoms with Crippen molar-refractivity contribution in [3.05, 3.63) is 42.5 Å². The minimum absolute atomic E-state index is 0.00953. The molecule has 0 aliphatic heterocycles. The Morgan fingerprint density at radius 1 is 0.963 bits per heavy atom. The number of carbonyl (C=O) groups excluding carboxylic acids is 1. The minimum atomic E-state index is -3.30. The van der Waals surface area contributed by atoms with Crippen LogP contribution < -0.4 is 20.1 Å². The number of hydrogen-bond acceptors (Lipinski definition) is 6. The van der Waals surface area contributed by atoms with Gasteiger partial charge < -0.3 is 20.1 Å². The van der Waals surface area contributed by atoms with E-state index in [1.54, 1.807) is 30.3 Å². The van der Waals surface area contributed by atoms with Crippen LogP contribution in [0.4, 0.5) is 11.4 Å². The van der Waals surface area contributed by atoms with Gasteiger partial charge in [0.25, 0.3) is 0 Å². The van der Waals surface area contributed by atoms with Crippen molar-refractivity contribution in [2.45, 2.75) is 18.7 Å². The van der Waals surface area contributed by atoms with E-state index in [9.17, 15) is 13.2 Å². The van der Waals surface area contributed by atoms with Crippen LogP contribution in [0.25, 0.3) is 0 Å². The lowest BCUT2D eigenvalue weighted by Crippen LogP contribution is -2.21. The highest BCUT2D eigenvalue weighted by molar-refractivity contribution is 7.90. The number of carbonyl (C=O) groups is 1. The van der Waals surface area contributed by atoms with Crippen molar-refractivity contribution in [1.82, 2.24) is 0 Å². The second kappa shape index (κ2) is 9.27. The Balaban J connectivity index is 2.00. The molecular weight excluding hydrogens is 368 g/mol. The van der Waals surface area contributed by atoms with Crippen LogP contribution >= 0.6 is 0 Å². The lowest BCUT2D eigenvalue weighted by Gasteiger charge is -2.13. The van der Waals surface area contributed by atoms with Gasteiger partial charge in [-0.15, -0.1) is 0 Å². The molecule has 0 bridgehead atoms. The fourth-order valence-corrected chi connectivity index (χ4v) is 3.02. The van der Waals surface area contributed by atoms with E-state index in [0.29, 0.717) is 36.1 Å². The zero-order chi connectivity index (χ0) is 19.9. The summed E-state index contributed by atoms with van der Waals surface area (Å²) in [6.07, 6.45) is 1.14. The molecule has 1 amide bonds. The van der Waals surface area contributed by atoms with Gasteiger partial charge in [-0.3, -0.25) is 4.79 Å². The maximum Gasteiger partial charge on any atom is 0.243 e. The Morgan fingerprint density at radius 3 is 2.33 bits per heavy atom. The third-order valence-electron chi connectivity index (χ3n) is 3.54. The van der Waals surface area contributed by atoms with E-state index in [2.05, 4.69) is 10.6 Å². The highest BCUT2D eigenvalue weighted by Gasteiger charge is 2.10. The number of hydrogen-bond donors (Lipinski definition) is 2. The van der Waals surface area contributed by atoms with Crippen LogP contribution in [0.5, 0.6) is 11.5 Å². The maximum atomic E-state index is 12.2. The van der Waals surface area contributed by atoms with Crippen LogP contribution in [0.15, 0.2) is 47.4 Å². The standard InChI is InChI=1S/C19H24N2O5S/c1-4-25-17-10-9-15(12-18(17)26-5-2)21-19(22)13-20-14-7-6-8-16(11-14)27(3,23)24/h6-12,20H,4-5,13H2,1-3H3,(H,21,22). The number of nitrogens with one attached hydrogen (secondary N) is 2. The van der Waals surface area contributed by atoms with Gasteiger partial charge in [0, 0.05) is 23.7 Å². The van der Waals surface area contributed by atoms with E-state index in [-0.39, 0.29) is 17.3 Å². The molecule has 0 fully saturated rings. The summed E-state index contributed by atoms with van der Waals surface area (Å²) in [5.74, 6) is 0.908. The molecule has 2 rings (SSSR count). The summed E-state index contributed by atoms with van der Waals surface area (Å²) >= 11 is 0. The normalized spacial score (nSPS) is 10.9. The van der Waals surface area contributed by atoms with Crippen molar-refractivity contribution in [3.8, 4) is 11.5 Å². The van der Waals surface area contributed by atoms with Crippen LogP contribution in [-0.2, 0) is 14.6 Å². The third-order valence-corrected chi connectivity index (χ3v) is 4.65. The predicted molar refractivity (Wildman–Crippen MR) is 105 cm³/mol. The van der Waals surface area contributed by atoms with Gasteiger partial charge in [0.05, 0.1) is 24.7 Å². The molecule has 0 heterocycles. The van der Waals surface area contributed by atoms with E-state index in [1.807, 2.05) is 13.8 Å². The number of ether oxygens (including phenoxy) is 2. The van der Waals surface area contributed by atoms with Crippen molar-refractivity contribution in [3.63, 3.8) is 0 Å². The Kier molecular flexibility index (Phi) is 7.06. The average molecular weight is 392 g/mol. The molecule has 7 nitrogen and oxygen atoms in total. The maximum absolute atomic E-state index is 12.2. The van der Waals surface area contributed by atoms with Gasteiger partial charge in [0.1, 0.15) is 0 Å². The molecule has 0 aliphatic carbocycles. The molecule has 2 N–H and O–H groups in total. The highest BCUT2D eigenvalue weighted by atomic mass is 32.2. The van der Waals surface area contributed by atoms with Crippen LogP contribution in [0.1, 0.15) is 13.8 Å². The first-order valence-corrected chi connectivity index (χ1v) is 10.5. The zero-order valence-electron chi connectivity index (χ0n) is 15.6. The van der Waals surface area contributed by atoms with Gasteiger partial charge in [-0.2, -0.15) is 0 Å². The van der Waals surface area contributed by atoms with Gasteiger partial charge in [0.2, 0.25) is 5.91 Å². The molecule has 0 aromatic heterocycles. The van der Waals surface area contributed by atoms with E-state index < -0.39 is 9.84 Å². The van der Waals surface area contributed by atoms with Gasteiger partial charge in [-0.25, -0.2) is 8.42 Å². The number of rotatable bonds is 9. The molecular formula is C19H24N2O5S. The number of sulfone groups is 1. The SMILES string of the molecule is CCOc1ccc(NC(=O)CNc2cccc(S(C)(=O)=O)c2)cc1OCC. The lowest BCUT2D eigenvalue weighted by atomic mass is 10.2. The van der Waals surface area contributed by atoms with E-state index in [1.165, 1.54) is 12.1 Å². The third kappa shape index (κ3) is 6.18. The molecule has 0 atom stereocenters.